The van der Waals surface area contributed by atoms with Gasteiger partial charge in [-0.25, -0.2) is 4.79 Å². The van der Waals surface area contributed by atoms with Gasteiger partial charge in [0.2, 0.25) is 5.91 Å². The first-order chi connectivity index (χ1) is 12.3. The average molecular weight is 429 g/mol. The fourth-order valence-electron chi connectivity index (χ4n) is 2.63. The normalized spacial score (nSPS) is 15.2. The highest BCUT2D eigenvalue weighted by atomic mass is 79.9. The number of rotatable bonds is 6. The highest BCUT2D eigenvalue weighted by Gasteiger charge is 2.27. The Morgan fingerprint density at radius 1 is 1.15 bits per heavy atom. The van der Waals surface area contributed by atoms with Gasteiger partial charge in [-0.1, -0.05) is 29.8 Å². The number of carbonyl (C=O) groups is 2. The number of hydrogen-bond donors (Lipinski definition) is 2. The predicted molar refractivity (Wildman–Crippen MR) is 100 cm³/mol. The molecular formula is C18H25BrN2O5. The Bertz CT molecular complexity index is 665. The maximum Gasteiger partial charge on any atom is 0.407 e. The molecule has 2 N–H and O–H groups in total. The van der Waals surface area contributed by atoms with E-state index in [4.69, 9.17) is 14.2 Å². The standard InChI is InChI=1S/C18H25BrN2O5/c1-5-24-18(23)21-16(10(2)3)17(22)20-11(4)12-8-14-15(9-13(12)19)26-7-6-25-14/h8-11,16H,5-7H2,1-4H3,(H,20,22)(H,21,23). The zero-order chi connectivity index (χ0) is 19.3. The van der Waals surface area contributed by atoms with Gasteiger partial charge in [0.1, 0.15) is 19.3 Å². The van der Waals surface area contributed by atoms with Crippen LogP contribution in [0.4, 0.5) is 4.79 Å². The van der Waals surface area contributed by atoms with Crippen LogP contribution in [0.25, 0.3) is 0 Å². The molecule has 1 heterocycles. The van der Waals surface area contributed by atoms with E-state index in [2.05, 4.69) is 26.6 Å². The molecule has 0 fully saturated rings. The number of halogens is 1. The van der Waals surface area contributed by atoms with E-state index < -0.39 is 12.1 Å². The van der Waals surface area contributed by atoms with Crippen LogP contribution in [0.3, 0.4) is 0 Å². The molecule has 1 aromatic carbocycles. The van der Waals surface area contributed by atoms with Crippen molar-refractivity contribution < 1.29 is 23.8 Å². The van der Waals surface area contributed by atoms with Gasteiger partial charge < -0.3 is 24.8 Å². The summed E-state index contributed by atoms with van der Waals surface area (Å²) in [5.74, 6) is 0.965. The summed E-state index contributed by atoms with van der Waals surface area (Å²) < 4.78 is 16.8. The fourth-order valence-corrected chi connectivity index (χ4v) is 3.29. The minimum atomic E-state index is -0.688. The smallest absolute Gasteiger partial charge is 0.407 e. The van der Waals surface area contributed by atoms with Crippen molar-refractivity contribution >= 4 is 27.9 Å². The van der Waals surface area contributed by atoms with Crippen molar-refractivity contribution in [3.63, 3.8) is 0 Å². The second-order valence-electron chi connectivity index (χ2n) is 6.33. The average Bonchev–Trinajstić information content (AvgIpc) is 2.58. The van der Waals surface area contributed by atoms with Crippen molar-refractivity contribution in [2.24, 2.45) is 5.92 Å². The van der Waals surface area contributed by atoms with Gasteiger partial charge in [-0.2, -0.15) is 0 Å². The molecule has 0 spiro atoms. The van der Waals surface area contributed by atoms with Crippen LogP contribution in [-0.4, -0.2) is 37.9 Å². The molecule has 1 aliphatic rings. The second-order valence-corrected chi connectivity index (χ2v) is 7.19. The number of benzene rings is 1. The summed E-state index contributed by atoms with van der Waals surface area (Å²) in [7, 11) is 0. The minimum Gasteiger partial charge on any atom is -0.486 e. The van der Waals surface area contributed by atoms with Crippen LogP contribution in [-0.2, 0) is 9.53 Å². The van der Waals surface area contributed by atoms with E-state index in [1.807, 2.05) is 32.9 Å². The Morgan fingerprint density at radius 2 is 1.77 bits per heavy atom. The molecule has 1 aliphatic heterocycles. The molecule has 26 heavy (non-hydrogen) atoms. The number of alkyl carbamates (subject to hydrolysis) is 1. The molecule has 7 nitrogen and oxygen atoms in total. The number of hydrogen-bond acceptors (Lipinski definition) is 5. The van der Waals surface area contributed by atoms with Gasteiger partial charge in [-0.15, -0.1) is 0 Å². The van der Waals surface area contributed by atoms with Crippen LogP contribution in [0.15, 0.2) is 16.6 Å². The summed E-state index contributed by atoms with van der Waals surface area (Å²) >= 11 is 3.52. The first kappa shape index (κ1) is 20.4. The molecule has 2 unspecified atom stereocenters. The molecule has 0 radical (unpaired) electrons. The molecule has 2 atom stereocenters. The molecule has 2 rings (SSSR count). The van der Waals surface area contributed by atoms with Crippen LogP contribution >= 0.6 is 15.9 Å². The Hall–Kier alpha value is -1.96. The van der Waals surface area contributed by atoms with Crippen LogP contribution in [0.1, 0.15) is 39.3 Å². The van der Waals surface area contributed by atoms with Crippen molar-refractivity contribution in [3.8, 4) is 11.5 Å². The third-order valence-corrected chi connectivity index (χ3v) is 4.67. The van der Waals surface area contributed by atoms with Crippen LogP contribution in [0.2, 0.25) is 0 Å². The molecule has 2 amide bonds. The SMILES string of the molecule is CCOC(=O)NC(C(=O)NC(C)c1cc2c(cc1Br)OCCO2)C(C)C. The molecule has 0 saturated heterocycles. The number of carbonyl (C=O) groups excluding carboxylic acids is 2. The molecule has 8 heteroatoms. The number of ether oxygens (including phenoxy) is 3. The Kier molecular flexibility index (Phi) is 7.14. The topological polar surface area (TPSA) is 85.9 Å². The lowest BCUT2D eigenvalue weighted by Crippen LogP contribution is -2.50. The lowest BCUT2D eigenvalue weighted by molar-refractivity contribution is -0.124. The highest BCUT2D eigenvalue weighted by Crippen LogP contribution is 2.37. The molecule has 0 aromatic heterocycles. The fraction of sp³-hybridized carbons (Fsp3) is 0.556. The minimum absolute atomic E-state index is 0.0877. The predicted octanol–water partition coefficient (Wildman–Crippen LogP) is 3.17. The summed E-state index contributed by atoms with van der Waals surface area (Å²) in [4.78, 5) is 24.3. The monoisotopic (exact) mass is 428 g/mol. The van der Waals surface area contributed by atoms with Gasteiger partial charge >= 0.3 is 6.09 Å². The van der Waals surface area contributed by atoms with Crippen molar-refractivity contribution in [1.82, 2.24) is 10.6 Å². The molecular weight excluding hydrogens is 404 g/mol. The third-order valence-electron chi connectivity index (χ3n) is 3.98. The Morgan fingerprint density at radius 3 is 2.35 bits per heavy atom. The second kappa shape index (κ2) is 9.12. The molecule has 0 aliphatic carbocycles. The van der Waals surface area contributed by atoms with Crippen molar-refractivity contribution in [1.29, 1.82) is 0 Å². The van der Waals surface area contributed by atoms with Gasteiger partial charge in [-0.3, -0.25) is 4.79 Å². The number of amides is 2. The first-order valence-electron chi connectivity index (χ1n) is 8.66. The molecule has 1 aromatic rings. The number of fused-ring (bicyclic) bond motifs is 1. The number of nitrogens with one attached hydrogen (secondary N) is 2. The third kappa shape index (κ3) is 5.03. The van der Waals surface area contributed by atoms with Crippen LogP contribution in [0, 0.1) is 5.92 Å². The van der Waals surface area contributed by atoms with E-state index in [0.29, 0.717) is 24.7 Å². The summed E-state index contributed by atoms with van der Waals surface area (Å²) in [6, 6.07) is 2.71. The van der Waals surface area contributed by atoms with Gasteiger partial charge in [0.05, 0.1) is 12.6 Å². The molecule has 144 valence electrons. The zero-order valence-electron chi connectivity index (χ0n) is 15.4. The van der Waals surface area contributed by atoms with Gasteiger partial charge in [0, 0.05) is 4.47 Å². The van der Waals surface area contributed by atoms with Crippen molar-refractivity contribution in [3.05, 3.63) is 22.2 Å². The lowest BCUT2D eigenvalue weighted by atomic mass is 10.0. The molecule has 0 saturated carbocycles. The van der Waals surface area contributed by atoms with Crippen LogP contribution in [0.5, 0.6) is 11.5 Å². The Labute approximate surface area is 161 Å². The summed E-state index contributed by atoms with van der Waals surface area (Å²) in [6.45, 7) is 8.57. The summed E-state index contributed by atoms with van der Waals surface area (Å²) in [5, 5.41) is 5.55. The Balaban J connectivity index is 2.10. The summed E-state index contributed by atoms with van der Waals surface area (Å²) in [5.41, 5.74) is 0.862. The van der Waals surface area contributed by atoms with E-state index >= 15 is 0 Å². The van der Waals surface area contributed by atoms with Crippen LogP contribution < -0.4 is 20.1 Å². The lowest BCUT2D eigenvalue weighted by Gasteiger charge is -2.25. The van der Waals surface area contributed by atoms with Gasteiger partial charge in [0.15, 0.2) is 11.5 Å². The van der Waals surface area contributed by atoms with E-state index in [1.54, 1.807) is 6.92 Å². The largest absolute Gasteiger partial charge is 0.486 e. The maximum absolute atomic E-state index is 12.7. The molecule has 0 bridgehead atoms. The van der Waals surface area contributed by atoms with Gasteiger partial charge in [0.25, 0.3) is 0 Å². The summed E-state index contributed by atoms with van der Waals surface area (Å²) in [6.07, 6.45) is -0.602. The van der Waals surface area contributed by atoms with E-state index in [-0.39, 0.29) is 24.5 Å². The van der Waals surface area contributed by atoms with E-state index in [0.717, 1.165) is 10.0 Å². The van der Waals surface area contributed by atoms with Gasteiger partial charge in [-0.05, 0) is 37.5 Å². The maximum atomic E-state index is 12.7. The quantitative estimate of drug-likeness (QED) is 0.726. The first-order valence-corrected chi connectivity index (χ1v) is 9.45. The van der Waals surface area contributed by atoms with Crippen molar-refractivity contribution in [2.75, 3.05) is 19.8 Å². The highest BCUT2D eigenvalue weighted by molar-refractivity contribution is 9.10. The zero-order valence-corrected chi connectivity index (χ0v) is 17.0. The van der Waals surface area contributed by atoms with Crippen molar-refractivity contribution in [2.45, 2.75) is 39.8 Å². The van der Waals surface area contributed by atoms with E-state index in [9.17, 15) is 9.59 Å². The van der Waals surface area contributed by atoms with E-state index in [1.165, 1.54) is 0 Å².